The molecule has 1 N–H and O–H groups in total. The van der Waals surface area contributed by atoms with Gasteiger partial charge in [-0.1, -0.05) is 24.6 Å². The molecule has 0 aromatic heterocycles. The molecule has 1 heterocycles. The second-order valence-electron chi connectivity index (χ2n) is 6.33. The van der Waals surface area contributed by atoms with E-state index < -0.39 is 0 Å². The number of carbonyl (C=O) groups is 1. The summed E-state index contributed by atoms with van der Waals surface area (Å²) in [6.07, 6.45) is 2.03. The first-order valence-corrected chi connectivity index (χ1v) is 9.19. The molecule has 7 heteroatoms. The van der Waals surface area contributed by atoms with Gasteiger partial charge in [-0.15, -0.1) is 12.4 Å². The third kappa shape index (κ3) is 5.58. The van der Waals surface area contributed by atoms with Crippen molar-refractivity contribution in [2.75, 3.05) is 25.0 Å². The summed E-state index contributed by atoms with van der Waals surface area (Å²) in [5.41, 5.74) is 0.838. The zero-order chi connectivity index (χ0) is 18.5. The Labute approximate surface area is 170 Å². The van der Waals surface area contributed by atoms with E-state index in [9.17, 15) is 9.18 Å². The van der Waals surface area contributed by atoms with Crippen molar-refractivity contribution in [3.8, 4) is 5.75 Å². The number of anilines is 1. The van der Waals surface area contributed by atoms with Crippen LogP contribution in [0.5, 0.6) is 5.75 Å². The molecule has 0 bridgehead atoms. The number of hydrogen-bond acceptors (Lipinski definition) is 3. The lowest BCUT2D eigenvalue weighted by Crippen LogP contribution is -2.38. The van der Waals surface area contributed by atoms with Crippen molar-refractivity contribution < 1.29 is 13.9 Å². The third-order valence-corrected chi connectivity index (χ3v) is 4.98. The molecular weight excluding hydrogens is 390 g/mol. The van der Waals surface area contributed by atoms with Crippen molar-refractivity contribution in [3.05, 3.63) is 58.9 Å². The van der Waals surface area contributed by atoms with E-state index in [1.54, 1.807) is 12.1 Å². The normalized spacial score (nSPS) is 15.1. The van der Waals surface area contributed by atoms with Gasteiger partial charge in [-0.3, -0.25) is 4.79 Å². The number of hydrogen-bond donors (Lipinski definition) is 1. The van der Waals surface area contributed by atoms with Gasteiger partial charge in [0.05, 0.1) is 5.69 Å². The maximum absolute atomic E-state index is 13.0. The standard InChI is InChI=1S/C20H22ClFN2O2.ClH/c1-2-24-12-10-16(11-13-24)26-18-5-3-4-17(19(18)21)23-20(25)14-6-8-15(22)9-7-14;/h3-9,16H,2,10-13H2,1H3,(H,23,25);1H. The minimum atomic E-state index is -0.385. The summed E-state index contributed by atoms with van der Waals surface area (Å²) < 4.78 is 19.1. The summed E-state index contributed by atoms with van der Waals surface area (Å²) in [6, 6.07) is 10.7. The second kappa shape index (κ2) is 9.93. The van der Waals surface area contributed by atoms with E-state index in [2.05, 4.69) is 17.1 Å². The third-order valence-electron chi connectivity index (χ3n) is 4.59. The first kappa shape index (κ1) is 21.5. The van der Waals surface area contributed by atoms with E-state index in [1.165, 1.54) is 24.3 Å². The zero-order valence-corrected chi connectivity index (χ0v) is 16.7. The van der Waals surface area contributed by atoms with Crippen LogP contribution in [0.2, 0.25) is 5.02 Å². The van der Waals surface area contributed by atoms with E-state index in [1.807, 2.05) is 6.07 Å². The molecule has 0 saturated carbocycles. The molecule has 1 fully saturated rings. The first-order chi connectivity index (χ1) is 12.6. The monoisotopic (exact) mass is 412 g/mol. The van der Waals surface area contributed by atoms with Crippen LogP contribution in [0, 0.1) is 5.82 Å². The molecule has 1 aliphatic heterocycles. The van der Waals surface area contributed by atoms with Crippen LogP contribution in [0.4, 0.5) is 10.1 Å². The van der Waals surface area contributed by atoms with Crippen LogP contribution in [-0.4, -0.2) is 36.5 Å². The van der Waals surface area contributed by atoms with Crippen LogP contribution in [0.1, 0.15) is 30.1 Å². The van der Waals surface area contributed by atoms with Crippen LogP contribution in [0.25, 0.3) is 0 Å². The predicted molar refractivity (Wildman–Crippen MR) is 109 cm³/mol. The van der Waals surface area contributed by atoms with E-state index in [0.717, 1.165) is 32.5 Å². The van der Waals surface area contributed by atoms with Crippen molar-refractivity contribution in [2.45, 2.75) is 25.9 Å². The number of likely N-dealkylation sites (tertiary alicyclic amines) is 1. The van der Waals surface area contributed by atoms with Crippen molar-refractivity contribution in [3.63, 3.8) is 0 Å². The van der Waals surface area contributed by atoms with Gasteiger partial charge in [0.2, 0.25) is 0 Å². The lowest BCUT2D eigenvalue weighted by molar-refractivity contribution is 0.102. The largest absolute Gasteiger partial charge is 0.489 e. The Morgan fingerprint density at radius 2 is 1.89 bits per heavy atom. The van der Waals surface area contributed by atoms with Gasteiger partial charge in [-0.25, -0.2) is 4.39 Å². The summed E-state index contributed by atoms with van der Waals surface area (Å²) in [4.78, 5) is 14.7. The number of ether oxygens (including phenoxy) is 1. The van der Waals surface area contributed by atoms with E-state index in [4.69, 9.17) is 16.3 Å². The molecule has 3 rings (SSSR count). The summed E-state index contributed by atoms with van der Waals surface area (Å²) in [7, 11) is 0. The minimum Gasteiger partial charge on any atom is -0.489 e. The number of nitrogens with zero attached hydrogens (tertiary/aromatic N) is 1. The first-order valence-electron chi connectivity index (χ1n) is 8.81. The number of carbonyl (C=O) groups excluding carboxylic acids is 1. The number of piperidine rings is 1. The van der Waals surface area contributed by atoms with Gasteiger partial charge >= 0.3 is 0 Å². The van der Waals surface area contributed by atoms with Gasteiger partial charge in [0.15, 0.2) is 0 Å². The van der Waals surface area contributed by atoms with Gasteiger partial charge in [-0.05, 0) is 55.8 Å². The molecule has 0 aliphatic carbocycles. The molecule has 1 amide bonds. The summed E-state index contributed by atoms with van der Waals surface area (Å²) in [5.74, 6) is -0.164. The predicted octanol–water partition coefficient (Wildman–Crippen LogP) is 5.02. The van der Waals surface area contributed by atoms with Crippen molar-refractivity contribution in [1.29, 1.82) is 0 Å². The van der Waals surface area contributed by atoms with E-state index >= 15 is 0 Å². The number of nitrogens with one attached hydrogen (secondary N) is 1. The zero-order valence-electron chi connectivity index (χ0n) is 15.1. The molecule has 0 unspecified atom stereocenters. The summed E-state index contributed by atoms with van der Waals surface area (Å²) in [5, 5.41) is 3.13. The summed E-state index contributed by atoms with van der Waals surface area (Å²) in [6.45, 7) is 5.24. The molecule has 4 nitrogen and oxygen atoms in total. The number of halogens is 3. The fraction of sp³-hybridized carbons (Fsp3) is 0.350. The lowest BCUT2D eigenvalue weighted by atomic mass is 10.1. The number of benzene rings is 2. The van der Waals surface area contributed by atoms with E-state index in [0.29, 0.717) is 22.0 Å². The van der Waals surface area contributed by atoms with E-state index in [-0.39, 0.29) is 30.2 Å². The molecular formula is C20H23Cl2FN2O2. The molecule has 2 aromatic carbocycles. The average molecular weight is 413 g/mol. The van der Waals surface area contributed by atoms with Crippen LogP contribution >= 0.6 is 24.0 Å². The highest BCUT2D eigenvalue weighted by Gasteiger charge is 2.21. The molecule has 146 valence electrons. The Morgan fingerprint density at radius 1 is 1.22 bits per heavy atom. The minimum absolute atomic E-state index is 0. The lowest BCUT2D eigenvalue weighted by Gasteiger charge is -2.31. The number of rotatable bonds is 5. The van der Waals surface area contributed by atoms with Gasteiger partial charge < -0.3 is 15.0 Å². The second-order valence-corrected chi connectivity index (χ2v) is 6.71. The highest BCUT2D eigenvalue weighted by molar-refractivity contribution is 6.35. The van der Waals surface area contributed by atoms with Gasteiger partial charge in [0, 0.05) is 18.7 Å². The average Bonchev–Trinajstić information content (AvgIpc) is 2.66. The molecule has 0 atom stereocenters. The van der Waals surface area contributed by atoms with Gasteiger partial charge in [0.1, 0.15) is 22.7 Å². The fourth-order valence-corrected chi connectivity index (χ4v) is 3.23. The van der Waals surface area contributed by atoms with Crippen LogP contribution < -0.4 is 10.1 Å². The topological polar surface area (TPSA) is 41.6 Å². The van der Waals surface area contributed by atoms with Crippen LogP contribution in [0.15, 0.2) is 42.5 Å². The molecule has 2 aromatic rings. The van der Waals surface area contributed by atoms with Crippen molar-refractivity contribution in [2.24, 2.45) is 0 Å². The van der Waals surface area contributed by atoms with Crippen LogP contribution in [-0.2, 0) is 0 Å². The summed E-state index contributed by atoms with van der Waals surface area (Å²) >= 11 is 6.43. The molecule has 0 radical (unpaired) electrons. The smallest absolute Gasteiger partial charge is 0.255 e. The highest BCUT2D eigenvalue weighted by Crippen LogP contribution is 2.34. The molecule has 0 spiro atoms. The van der Waals surface area contributed by atoms with Crippen molar-refractivity contribution >= 4 is 35.6 Å². The Morgan fingerprint density at radius 3 is 2.52 bits per heavy atom. The maximum Gasteiger partial charge on any atom is 0.255 e. The number of amides is 1. The molecule has 1 aliphatic rings. The van der Waals surface area contributed by atoms with Crippen molar-refractivity contribution in [1.82, 2.24) is 4.90 Å². The van der Waals surface area contributed by atoms with Gasteiger partial charge in [-0.2, -0.15) is 0 Å². The molecule has 27 heavy (non-hydrogen) atoms. The Hall–Kier alpha value is -1.82. The quantitative estimate of drug-likeness (QED) is 0.749. The van der Waals surface area contributed by atoms with Gasteiger partial charge in [0.25, 0.3) is 5.91 Å². The van der Waals surface area contributed by atoms with Crippen LogP contribution in [0.3, 0.4) is 0 Å². The molecule has 1 saturated heterocycles. The highest BCUT2D eigenvalue weighted by atomic mass is 35.5. The maximum atomic E-state index is 13.0. The Balaban J connectivity index is 0.00000261. The Kier molecular flexibility index (Phi) is 7.90. The fourth-order valence-electron chi connectivity index (χ4n) is 3.02. The Bertz CT molecular complexity index is 763. The SMILES string of the molecule is CCN1CCC(Oc2cccc(NC(=O)c3ccc(F)cc3)c2Cl)CC1.Cl.